The minimum Gasteiger partial charge on any atom is -0.507 e. The molecular formula is C26H32O6. The number of hydrogen-bond acceptors (Lipinski definition) is 4. The van der Waals surface area contributed by atoms with E-state index in [0.717, 1.165) is 31.2 Å². The first-order valence-corrected chi connectivity index (χ1v) is 11.5. The Kier molecular flexibility index (Phi) is 8.54. The molecule has 0 saturated heterocycles. The highest BCUT2D eigenvalue weighted by Crippen LogP contribution is 2.38. The molecule has 2 aliphatic carbocycles. The highest BCUT2D eigenvalue weighted by atomic mass is 16.5. The Morgan fingerprint density at radius 2 is 1.28 bits per heavy atom. The van der Waals surface area contributed by atoms with Gasteiger partial charge >= 0.3 is 11.9 Å². The van der Waals surface area contributed by atoms with E-state index in [2.05, 4.69) is 0 Å². The zero-order valence-electron chi connectivity index (χ0n) is 18.3. The summed E-state index contributed by atoms with van der Waals surface area (Å²) in [5.74, 6) is -1.20. The SMILES string of the molecule is O=C(O)c1cccc(C2CCCCC2)c1O.O=C(O)c1ccccc1OC1CCCCC1. The monoisotopic (exact) mass is 440 g/mol. The zero-order chi connectivity index (χ0) is 22.9. The van der Waals surface area contributed by atoms with Crippen LogP contribution in [0.1, 0.15) is 96.4 Å². The molecule has 0 unspecified atom stereocenters. The Hall–Kier alpha value is -3.02. The van der Waals surface area contributed by atoms with Gasteiger partial charge in [-0.2, -0.15) is 0 Å². The largest absolute Gasteiger partial charge is 0.507 e. The topological polar surface area (TPSA) is 104 Å². The average molecular weight is 441 g/mol. The van der Waals surface area contributed by atoms with E-state index in [1.54, 1.807) is 24.3 Å². The van der Waals surface area contributed by atoms with Gasteiger partial charge in [-0.3, -0.25) is 0 Å². The first-order valence-electron chi connectivity index (χ1n) is 11.5. The van der Waals surface area contributed by atoms with Crippen LogP contribution in [-0.4, -0.2) is 33.4 Å². The molecule has 2 fully saturated rings. The summed E-state index contributed by atoms with van der Waals surface area (Å²) in [6, 6.07) is 11.9. The van der Waals surface area contributed by atoms with Crippen molar-refractivity contribution in [2.45, 2.75) is 76.2 Å². The lowest BCUT2D eigenvalue weighted by atomic mass is 9.83. The molecule has 2 aliphatic rings. The van der Waals surface area contributed by atoms with Crippen molar-refractivity contribution < 1.29 is 29.6 Å². The van der Waals surface area contributed by atoms with E-state index in [1.165, 1.54) is 44.6 Å². The third-order valence-corrected chi connectivity index (χ3v) is 6.31. The number of benzene rings is 2. The molecule has 2 aromatic carbocycles. The lowest BCUT2D eigenvalue weighted by Crippen LogP contribution is -2.20. The van der Waals surface area contributed by atoms with Crippen LogP contribution in [0, 0.1) is 0 Å². The van der Waals surface area contributed by atoms with Crippen molar-refractivity contribution in [3.05, 3.63) is 59.2 Å². The zero-order valence-corrected chi connectivity index (χ0v) is 18.3. The van der Waals surface area contributed by atoms with Gasteiger partial charge in [0.2, 0.25) is 0 Å². The fourth-order valence-corrected chi connectivity index (χ4v) is 4.59. The lowest BCUT2D eigenvalue weighted by Gasteiger charge is -2.23. The normalized spacial score (nSPS) is 17.1. The van der Waals surface area contributed by atoms with Crippen LogP contribution in [0.3, 0.4) is 0 Å². The van der Waals surface area contributed by atoms with Crippen molar-refractivity contribution in [1.29, 1.82) is 0 Å². The van der Waals surface area contributed by atoms with Gasteiger partial charge in [-0.1, -0.05) is 49.9 Å². The Labute approximate surface area is 188 Å². The summed E-state index contributed by atoms with van der Waals surface area (Å²) in [5.41, 5.74) is 1.08. The number of rotatable bonds is 5. The number of carboxylic acid groups (broad SMARTS) is 2. The highest BCUT2D eigenvalue weighted by Gasteiger charge is 2.22. The van der Waals surface area contributed by atoms with E-state index < -0.39 is 11.9 Å². The second-order valence-corrected chi connectivity index (χ2v) is 8.56. The number of hydrogen-bond donors (Lipinski definition) is 3. The molecule has 0 heterocycles. The van der Waals surface area contributed by atoms with Crippen molar-refractivity contribution in [2.24, 2.45) is 0 Å². The maximum absolute atomic E-state index is 11.0. The fourth-order valence-electron chi connectivity index (χ4n) is 4.59. The average Bonchev–Trinajstić information content (AvgIpc) is 2.81. The maximum Gasteiger partial charge on any atom is 0.339 e. The number of para-hydroxylation sites is 2. The van der Waals surface area contributed by atoms with Crippen molar-refractivity contribution in [2.75, 3.05) is 0 Å². The van der Waals surface area contributed by atoms with Gasteiger partial charge in [0.05, 0.1) is 6.10 Å². The van der Waals surface area contributed by atoms with Gasteiger partial charge in [0.25, 0.3) is 0 Å². The molecule has 0 atom stereocenters. The Morgan fingerprint density at radius 1 is 0.719 bits per heavy atom. The number of aromatic carboxylic acids is 2. The quantitative estimate of drug-likeness (QED) is 0.509. The molecule has 0 aromatic heterocycles. The van der Waals surface area contributed by atoms with Crippen LogP contribution in [-0.2, 0) is 0 Å². The van der Waals surface area contributed by atoms with E-state index in [0.29, 0.717) is 11.7 Å². The number of aromatic hydroxyl groups is 1. The summed E-state index contributed by atoms with van der Waals surface area (Å²) in [6.45, 7) is 0. The van der Waals surface area contributed by atoms with Crippen LogP contribution >= 0.6 is 0 Å². The molecule has 172 valence electrons. The predicted octanol–water partition coefficient (Wildman–Crippen LogP) is 6.23. The molecule has 6 heteroatoms. The van der Waals surface area contributed by atoms with Gasteiger partial charge in [0.15, 0.2) is 0 Å². The van der Waals surface area contributed by atoms with Crippen molar-refractivity contribution >= 4 is 11.9 Å². The Bertz CT molecular complexity index is 910. The number of ether oxygens (including phenoxy) is 1. The third-order valence-electron chi connectivity index (χ3n) is 6.31. The third kappa shape index (κ3) is 6.25. The van der Waals surface area contributed by atoms with E-state index in [1.807, 2.05) is 12.1 Å². The minimum absolute atomic E-state index is 0.0167. The second-order valence-electron chi connectivity index (χ2n) is 8.56. The van der Waals surface area contributed by atoms with Crippen LogP contribution in [0.4, 0.5) is 0 Å². The summed E-state index contributed by atoms with van der Waals surface area (Å²) in [5, 5.41) is 27.9. The van der Waals surface area contributed by atoms with Crippen LogP contribution in [0.5, 0.6) is 11.5 Å². The number of carboxylic acids is 2. The maximum atomic E-state index is 11.0. The Balaban J connectivity index is 0.000000181. The molecule has 4 rings (SSSR count). The first-order chi connectivity index (χ1) is 15.5. The molecule has 0 radical (unpaired) electrons. The van der Waals surface area contributed by atoms with Crippen LogP contribution in [0.15, 0.2) is 42.5 Å². The van der Waals surface area contributed by atoms with Crippen molar-refractivity contribution in [1.82, 2.24) is 0 Å². The molecule has 32 heavy (non-hydrogen) atoms. The van der Waals surface area contributed by atoms with Gasteiger partial charge < -0.3 is 20.1 Å². The van der Waals surface area contributed by atoms with E-state index in [9.17, 15) is 14.7 Å². The van der Waals surface area contributed by atoms with Gasteiger partial charge in [-0.05, 0) is 68.2 Å². The van der Waals surface area contributed by atoms with Gasteiger partial charge in [-0.15, -0.1) is 0 Å². The van der Waals surface area contributed by atoms with Gasteiger partial charge in [-0.25, -0.2) is 9.59 Å². The smallest absolute Gasteiger partial charge is 0.339 e. The van der Waals surface area contributed by atoms with Crippen LogP contribution in [0.25, 0.3) is 0 Å². The van der Waals surface area contributed by atoms with E-state index in [-0.39, 0.29) is 23.0 Å². The second kappa shape index (κ2) is 11.6. The standard InChI is InChI=1S/2C13H16O3/c14-13(15)11-8-4-5-9-12(11)16-10-6-2-1-3-7-10;14-12-10(9-5-2-1-3-6-9)7-4-8-11(12)13(15)16/h4-5,8-10H,1-3,6-7H2,(H,14,15);4,7-9,14H,1-3,5-6H2,(H,15,16). The Morgan fingerprint density at radius 3 is 1.91 bits per heavy atom. The summed E-state index contributed by atoms with van der Waals surface area (Å²) in [6.07, 6.45) is 11.6. The van der Waals surface area contributed by atoms with Crippen LogP contribution in [0.2, 0.25) is 0 Å². The molecular weight excluding hydrogens is 408 g/mol. The number of carbonyl (C=O) groups is 2. The molecule has 6 nitrogen and oxygen atoms in total. The first kappa shape index (κ1) is 23.6. The van der Waals surface area contributed by atoms with Crippen molar-refractivity contribution in [3.8, 4) is 11.5 Å². The minimum atomic E-state index is -1.06. The van der Waals surface area contributed by atoms with Crippen molar-refractivity contribution in [3.63, 3.8) is 0 Å². The fraction of sp³-hybridized carbons (Fsp3) is 0.462. The molecule has 2 aromatic rings. The molecule has 0 aliphatic heterocycles. The molecule has 0 amide bonds. The summed E-state index contributed by atoms with van der Waals surface area (Å²) < 4.78 is 5.77. The lowest BCUT2D eigenvalue weighted by molar-refractivity contribution is 0.0677. The number of phenols is 1. The van der Waals surface area contributed by atoms with Gasteiger partial charge in [0.1, 0.15) is 22.6 Å². The summed E-state index contributed by atoms with van der Waals surface area (Å²) in [4.78, 5) is 21.9. The highest BCUT2D eigenvalue weighted by molar-refractivity contribution is 5.91. The van der Waals surface area contributed by atoms with Crippen LogP contribution < -0.4 is 4.74 Å². The summed E-state index contributed by atoms with van der Waals surface area (Å²) >= 11 is 0. The molecule has 3 N–H and O–H groups in total. The molecule has 2 saturated carbocycles. The molecule has 0 bridgehead atoms. The van der Waals surface area contributed by atoms with Gasteiger partial charge in [0, 0.05) is 0 Å². The molecule has 0 spiro atoms. The predicted molar refractivity (Wildman–Crippen MR) is 122 cm³/mol. The summed E-state index contributed by atoms with van der Waals surface area (Å²) in [7, 11) is 0. The van der Waals surface area contributed by atoms with E-state index >= 15 is 0 Å². The van der Waals surface area contributed by atoms with E-state index in [4.69, 9.17) is 14.9 Å².